The number of unbranched alkanes of at least 4 members (excludes halogenated alkanes) is 2. The van der Waals surface area contributed by atoms with Crippen LogP contribution < -0.4 is 15.4 Å². The highest BCUT2D eigenvalue weighted by Crippen LogP contribution is 2.25. The van der Waals surface area contributed by atoms with E-state index in [4.69, 9.17) is 9.72 Å². The van der Waals surface area contributed by atoms with E-state index in [2.05, 4.69) is 41.2 Å². The predicted molar refractivity (Wildman–Crippen MR) is 130 cm³/mol. The first-order chi connectivity index (χ1) is 15.6. The van der Waals surface area contributed by atoms with Gasteiger partial charge in [-0.1, -0.05) is 62.2 Å². The summed E-state index contributed by atoms with van der Waals surface area (Å²) in [5, 5.41) is 5.79. The van der Waals surface area contributed by atoms with E-state index < -0.39 is 0 Å². The van der Waals surface area contributed by atoms with Crippen molar-refractivity contribution in [1.29, 1.82) is 0 Å². The van der Waals surface area contributed by atoms with Crippen molar-refractivity contribution in [2.45, 2.75) is 53.0 Å². The Morgan fingerprint density at radius 1 is 1.00 bits per heavy atom. The molecule has 6 heteroatoms. The first-order valence-corrected chi connectivity index (χ1v) is 11.5. The quantitative estimate of drug-likeness (QED) is 0.367. The van der Waals surface area contributed by atoms with Gasteiger partial charge in [0.2, 0.25) is 0 Å². The lowest BCUT2D eigenvalue weighted by molar-refractivity contribution is 0.251. The molecule has 3 aromatic rings. The van der Waals surface area contributed by atoms with Gasteiger partial charge in [-0.3, -0.25) is 0 Å². The van der Waals surface area contributed by atoms with Gasteiger partial charge in [0.25, 0.3) is 0 Å². The van der Waals surface area contributed by atoms with E-state index in [1.54, 1.807) is 0 Å². The van der Waals surface area contributed by atoms with Crippen LogP contribution in [0.3, 0.4) is 0 Å². The number of nitrogens with one attached hydrogen (secondary N) is 2. The molecule has 1 aromatic heterocycles. The Labute approximate surface area is 191 Å². The maximum Gasteiger partial charge on any atom is 0.319 e. The fourth-order valence-corrected chi connectivity index (χ4v) is 3.72. The van der Waals surface area contributed by atoms with Gasteiger partial charge in [0.05, 0.1) is 18.0 Å². The third kappa shape index (κ3) is 6.36. The monoisotopic (exact) mass is 434 g/mol. The second-order valence-corrected chi connectivity index (χ2v) is 7.90. The van der Waals surface area contributed by atoms with E-state index in [0.29, 0.717) is 24.6 Å². The van der Waals surface area contributed by atoms with Crippen LogP contribution in [0, 0.1) is 13.8 Å². The molecule has 0 atom stereocenters. The molecule has 0 aliphatic rings. The van der Waals surface area contributed by atoms with Crippen molar-refractivity contribution in [3.8, 4) is 17.0 Å². The number of nitrogens with zero attached hydrogens (tertiary/aromatic N) is 2. The smallest absolute Gasteiger partial charge is 0.319 e. The van der Waals surface area contributed by atoms with Crippen LogP contribution >= 0.6 is 0 Å². The van der Waals surface area contributed by atoms with Gasteiger partial charge in [-0.2, -0.15) is 0 Å². The zero-order valence-corrected chi connectivity index (χ0v) is 19.4. The van der Waals surface area contributed by atoms with Crippen molar-refractivity contribution in [2.75, 3.05) is 18.5 Å². The number of aromatic nitrogens is 2. The first kappa shape index (κ1) is 23.4. The fraction of sp³-hybridized carbons (Fsp3) is 0.385. The molecule has 0 aliphatic heterocycles. The van der Waals surface area contributed by atoms with Gasteiger partial charge in [-0.15, -0.1) is 0 Å². The zero-order valence-electron chi connectivity index (χ0n) is 19.4. The maximum atomic E-state index is 12.1. The molecule has 0 fully saturated rings. The van der Waals surface area contributed by atoms with E-state index in [0.717, 1.165) is 55.0 Å². The number of urea groups is 1. The Hall–Kier alpha value is -3.28. The van der Waals surface area contributed by atoms with Crippen LogP contribution in [0.4, 0.5) is 10.5 Å². The van der Waals surface area contributed by atoms with Gasteiger partial charge in [0.1, 0.15) is 11.6 Å². The molecule has 0 radical (unpaired) electrons. The molecule has 170 valence electrons. The highest BCUT2D eigenvalue weighted by atomic mass is 16.5. The predicted octanol–water partition coefficient (Wildman–Crippen LogP) is 5.95. The van der Waals surface area contributed by atoms with E-state index in [-0.39, 0.29) is 6.03 Å². The number of benzene rings is 2. The average Bonchev–Trinajstić information content (AvgIpc) is 3.09. The van der Waals surface area contributed by atoms with Crippen molar-refractivity contribution < 1.29 is 9.53 Å². The summed E-state index contributed by atoms with van der Waals surface area (Å²) in [5.41, 5.74) is 4.01. The van der Waals surface area contributed by atoms with Crippen LogP contribution in [0.1, 0.15) is 44.1 Å². The number of anilines is 1. The fourth-order valence-electron chi connectivity index (χ4n) is 3.72. The molecule has 0 spiro atoms. The molecule has 6 nitrogen and oxygen atoms in total. The Bertz CT molecular complexity index is 998. The third-order valence-corrected chi connectivity index (χ3v) is 5.44. The molecule has 0 bridgehead atoms. The van der Waals surface area contributed by atoms with Gasteiger partial charge >= 0.3 is 6.03 Å². The van der Waals surface area contributed by atoms with Crippen molar-refractivity contribution in [2.24, 2.45) is 0 Å². The standard InChI is InChI=1S/C26H34N4O2/c1-4-5-11-17-27-26(31)29-23-15-9-10-16-24(23)32-19-12-18-30-20(2)25(28-21(30)3)22-13-7-6-8-14-22/h6-10,13-16H,4-5,11-12,17-19H2,1-3H3,(H2,27,29,31). The topological polar surface area (TPSA) is 68.2 Å². The van der Waals surface area contributed by atoms with E-state index in [9.17, 15) is 4.79 Å². The summed E-state index contributed by atoms with van der Waals surface area (Å²) in [6.07, 6.45) is 4.07. The van der Waals surface area contributed by atoms with Crippen molar-refractivity contribution in [1.82, 2.24) is 14.9 Å². The maximum absolute atomic E-state index is 12.1. The number of carbonyl (C=O) groups excluding carboxylic acids is 1. The number of hydrogen-bond acceptors (Lipinski definition) is 3. The van der Waals surface area contributed by atoms with E-state index in [1.807, 2.05) is 49.4 Å². The van der Waals surface area contributed by atoms with Crippen LogP contribution in [0.15, 0.2) is 54.6 Å². The van der Waals surface area contributed by atoms with Crippen molar-refractivity contribution in [3.05, 3.63) is 66.1 Å². The molecule has 0 saturated carbocycles. The summed E-state index contributed by atoms with van der Waals surface area (Å²) in [7, 11) is 0. The van der Waals surface area contributed by atoms with Gasteiger partial charge in [0.15, 0.2) is 0 Å². The highest BCUT2D eigenvalue weighted by molar-refractivity contribution is 5.90. The largest absolute Gasteiger partial charge is 0.491 e. The molecule has 1 heterocycles. The van der Waals surface area contributed by atoms with Crippen molar-refractivity contribution >= 4 is 11.7 Å². The van der Waals surface area contributed by atoms with Gasteiger partial charge < -0.3 is 19.9 Å². The molecule has 2 amide bonds. The van der Waals surface area contributed by atoms with Gasteiger partial charge in [-0.05, 0) is 38.8 Å². The number of ether oxygens (including phenoxy) is 1. The normalized spacial score (nSPS) is 10.7. The zero-order chi connectivity index (χ0) is 22.8. The molecule has 2 aromatic carbocycles. The number of aryl methyl sites for hydroxylation is 1. The number of imidazole rings is 1. The molecule has 2 N–H and O–H groups in total. The van der Waals surface area contributed by atoms with Gasteiger partial charge in [-0.25, -0.2) is 9.78 Å². The number of rotatable bonds is 11. The average molecular weight is 435 g/mol. The Balaban J connectivity index is 1.52. The molecule has 32 heavy (non-hydrogen) atoms. The van der Waals surface area contributed by atoms with Gasteiger partial charge in [0, 0.05) is 24.3 Å². The number of para-hydroxylation sites is 2. The summed E-state index contributed by atoms with van der Waals surface area (Å²) in [6, 6.07) is 17.6. The third-order valence-electron chi connectivity index (χ3n) is 5.44. The second-order valence-electron chi connectivity index (χ2n) is 7.90. The van der Waals surface area contributed by atoms with Crippen LogP contribution in [-0.2, 0) is 6.54 Å². The molecule has 0 aliphatic carbocycles. The molecular formula is C26H34N4O2. The molecule has 0 unspecified atom stereocenters. The lowest BCUT2D eigenvalue weighted by Crippen LogP contribution is -2.29. The number of amides is 2. The van der Waals surface area contributed by atoms with E-state index in [1.165, 1.54) is 0 Å². The van der Waals surface area contributed by atoms with Crippen LogP contribution in [0.25, 0.3) is 11.3 Å². The minimum absolute atomic E-state index is 0.199. The molecule has 3 rings (SSSR count). The first-order valence-electron chi connectivity index (χ1n) is 11.5. The van der Waals surface area contributed by atoms with Crippen LogP contribution in [0.5, 0.6) is 5.75 Å². The molecule has 0 saturated heterocycles. The van der Waals surface area contributed by atoms with Crippen LogP contribution in [-0.4, -0.2) is 28.7 Å². The Kier molecular flexibility index (Phi) is 8.72. The van der Waals surface area contributed by atoms with Crippen LogP contribution in [0.2, 0.25) is 0 Å². The SMILES string of the molecule is CCCCCNC(=O)Nc1ccccc1OCCCn1c(C)nc(-c2ccccc2)c1C. The lowest BCUT2D eigenvalue weighted by Gasteiger charge is -2.14. The number of carbonyl (C=O) groups is 1. The number of hydrogen-bond donors (Lipinski definition) is 2. The molecular weight excluding hydrogens is 400 g/mol. The summed E-state index contributed by atoms with van der Waals surface area (Å²) in [5.74, 6) is 1.68. The second kappa shape index (κ2) is 11.9. The minimum atomic E-state index is -0.199. The van der Waals surface area contributed by atoms with Crippen molar-refractivity contribution in [3.63, 3.8) is 0 Å². The summed E-state index contributed by atoms with van der Waals surface area (Å²) < 4.78 is 8.23. The lowest BCUT2D eigenvalue weighted by atomic mass is 10.1. The Morgan fingerprint density at radius 2 is 1.75 bits per heavy atom. The Morgan fingerprint density at radius 3 is 2.53 bits per heavy atom. The van der Waals surface area contributed by atoms with E-state index >= 15 is 0 Å². The summed E-state index contributed by atoms with van der Waals surface area (Å²) >= 11 is 0. The highest BCUT2D eigenvalue weighted by Gasteiger charge is 2.12. The summed E-state index contributed by atoms with van der Waals surface area (Å²) in [4.78, 5) is 16.9. The minimum Gasteiger partial charge on any atom is -0.491 e. The summed E-state index contributed by atoms with van der Waals surface area (Å²) in [6.45, 7) is 8.35.